The molecular weight excluding hydrogens is 314 g/mol. The maximum absolute atomic E-state index is 11.5. The second-order valence-electron chi connectivity index (χ2n) is 4.40. The molecule has 0 saturated heterocycles. The highest BCUT2D eigenvalue weighted by Crippen LogP contribution is 2.23. The van der Waals surface area contributed by atoms with Crippen molar-refractivity contribution >= 4 is 17.7 Å². The first-order chi connectivity index (χ1) is 11.2. The molecule has 0 aliphatic rings. The van der Waals surface area contributed by atoms with E-state index in [1.165, 1.54) is 16.4 Å². The van der Waals surface area contributed by atoms with Crippen LogP contribution >= 0.6 is 11.8 Å². The number of amides is 1. The van der Waals surface area contributed by atoms with Crippen LogP contribution in [0.4, 0.5) is 0 Å². The summed E-state index contributed by atoms with van der Waals surface area (Å²) in [4.78, 5) is 11.5. The molecule has 0 aliphatic carbocycles. The standard InChI is InChI=1S/C15H17N5O2S/c1-3-9-17-13(21)10-23-15-19-18-14(20(15)16)11-5-7-12(8-6-11)22-4-2/h1,5-8H,4,9-10,16H2,2H3,(H,17,21). The van der Waals surface area contributed by atoms with Crippen LogP contribution < -0.4 is 15.9 Å². The topological polar surface area (TPSA) is 95.1 Å². The number of carbonyl (C=O) groups is 1. The lowest BCUT2D eigenvalue weighted by molar-refractivity contribution is -0.118. The van der Waals surface area contributed by atoms with Gasteiger partial charge in [-0.05, 0) is 31.2 Å². The Morgan fingerprint density at radius 1 is 1.43 bits per heavy atom. The summed E-state index contributed by atoms with van der Waals surface area (Å²) in [6, 6.07) is 7.39. The van der Waals surface area contributed by atoms with Gasteiger partial charge in [0.2, 0.25) is 11.1 Å². The number of nitrogens with one attached hydrogen (secondary N) is 1. The van der Waals surface area contributed by atoms with Crippen LogP contribution in [0.25, 0.3) is 11.4 Å². The summed E-state index contributed by atoms with van der Waals surface area (Å²) in [5.74, 6) is 9.61. The average molecular weight is 331 g/mol. The number of hydrogen-bond donors (Lipinski definition) is 2. The molecule has 120 valence electrons. The molecule has 1 aromatic heterocycles. The highest BCUT2D eigenvalue weighted by molar-refractivity contribution is 7.99. The number of ether oxygens (including phenoxy) is 1. The molecule has 2 aromatic rings. The molecule has 0 unspecified atom stereocenters. The summed E-state index contributed by atoms with van der Waals surface area (Å²) in [7, 11) is 0. The molecule has 1 aromatic carbocycles. The largest absolute Gasteiger partial charge is 0.494 e. The molecular formula is C15H17N5O2S. The first kappa shape index (κ1) is 16.7. The highest BCUT2D eigenvalue weighted by atomic mass is 32.2. The van der Waals surface area contributed by atoms with Crippen molar-refractivity contribution in [2.24, 2.45) is 0 Å². The SMILES string of the molecule is C#CCNC(=O)CSc1nnc(-c2ccc(OCC)cc2)n1N. The van der Waals surface area contributed by atoms with Gasteiger partial charge in [-0.25, -0.2) is 4.68 Å². The normalized spacial score (nSPS) is 10.1. The number of nitrogens with zero attached hydrogens (tertiary/aromatic N) is 3. The second-order valence-corrected chi connectivity index (χ2v) is 5.35. The predicted molar refractivity (Wildman–Crippen MR) is 89.3 cm³/mol. The van der Waals surface area contributed by atoms with Crippen molar-refractivity contribution in [1.29, 1.82) is 0 Å². The minimum atomic E-state index is -0.182. The Morgan fingerprint density at radius 3 is 2.83 bits per heavy atom. The van der Waals surface area contributed by atoms with E-state index in [4.69, 9.17) is 17.0 Å². The molecule has 0 saturated carbocycles. The van der Waals surface area contributed by atoms with Gasteiger partial charge in [0.15, 0.2) is 5.82 Å². The van der Waals surface area contributed by atoms with Crippen LogP contribution in [0.3, 0.4) is 0 Å². The number of rotatable bonds is 7. The Labute approximate surface area is 138 Å². The quantitative estimate of drug-likeness (QED) is 0.445. The van der Waals surface area contributed by atoms with E-state index in [0.29, 0.717) is 17.6 Å². The van der Waals surface area contributed by atoms with Gasteiger partial charge < -0.3 is 15.9 Å². The number of nitrogen functional groups attached to an aromatic ring is 1. The fraction of sp³-hybridized carbons (Fsp3) is 0.267. The zero-order chi connectivity index (χ0) is 16.7. The third-order valence-electron chi connectivity index (χ3n) is 2.81. The van der Waals surface area contributed by atoms with Gasteiger partial charge in [0.05, 0.1) is 18.9 Å². The lowest BCUT2D eigenvalue weighted by atomic mass is 10.2. The predicted octanol–water partition coefficient (Wildman–Crippen LogP) is 0.899. The zero-order valence-corrected chi connectivity index (χ0v) is 13.5. The molecule has 2 rings (SSSR count). The van der Waals surface area contributed by atoms with Gasteiger partial charge in [0.25, 0.3) is 0 Å². The summed E-state index contributed by atoms with van der Waals surface area (Å²) >= 11 is 1.19. The number of aromatic nitrogens is 3. The van der Waals surface area contributed by atoms with Crippen LogP contribution in [0.1, 0.15) is 6.92 Å². The molecule has 0 spiro atoms. The smallest absolute Gasteiger partial charge is 0.231 e. The maximum atomic E-state index is 11.5. The summed E-state index contributed by atoms with van der Waals surface area (Å²) < 4.78 is 6.75. The molecule has 0 aliphatic heterocycles. The number of hydrogen-bond acceptors (Lipinski definition) is 6. The molecule has 1 heterocycles. The molecule has 1 amide bonds. The maximum Gasteiger partial charge on any atom is 0.231 e. The molecule has 23 heavy (non-hydrogen) atoms. The minimum Gasteiger partial charge on any atom is -0.494 e. The van der Waals surface area contributed by atoms with Crippen LogP contribution in [0.5, 0.6) is 5.75 Å². The van der Waals surface area contributed by atoms with Crippen molar-refractivity contribution < 1.29 is 9.53 Å². The average Bonchev–Trinajstić information content (AvgIpc) is 2.93. The molecule has 0 atom stereocenters. The Bertz CT molecular complexity index is 706. The number of carbonyl (C=O) groups excluding carboxylic acids is 1. The molecule has 3 N–H and O–H groups in total. The van der Waals surface area contributed by atoms with Crippen molar-refractivity contribution in [2.45, 2.75) is 12.1 Å². The molecule has 7 nitrogen and oxygen atoms in total. The molecule has 0 bridgehead atoms. The summed E-state index contributed by atoms with van der Waals surface area (Å²) in [6.07, 6.45) is 5.08. The van der Waals surface area contributed by atoms with Crippen molar-refractivity contribution in [1.82, 2.24) is 20.2 Å². The van der Waals surface area contributed by atoms with Crippen LogP contribution in [-0.4, -0.2) is 39.7 Å². The van der Waals surface area contributed by atoms with Crippen molar-refractivity contribution in [2.75, 3.05) is 24.7 Å². The van der Waals surface area contributed by atoms with Crippen molar-refractivity contribution in [3.63, 3.8) is 0 Å². The van der Waals surface area contributed by atoms with Crippen molar-refractivity contribution in [3.05, 3.63) is 24.3 Å². The van der Waals surface area contributed by atoms with Gasteiger partial charge in [-0.1, -0.05) is 17.7 Å². The van der Waals surface area contributed by atoms with Gasteiger partial charge in [-0.15, -0.1) is 16.6 Å². The first-order valence-corrected chi connectivity index (χ1v) is 7.91. The number of thioether (sulfide) groups is 1. The van der Waals surface area contributed by atoms with E-state index in [-0.39, 0.29) is 18.2 Å². The third-order valence-corrected chi connectivity index (χ3v) is 3.75. The number of terminal acetylenes is 1. The minimum absolute atomic E-state index is 0.167. The Hall–Kier alpha value is -2.66. The molecule has 0 radical (unpaired) electrons. The van der Waals surface area contributed by atoms with Gasteiger partial charge >= 0.3 is 0 Å². The highest BCUT2D eigenvalue weighted by Gasteiger charge is 2.13. The van der Waals surface area contributed by atoms with E-state index >= 15 is 0 Å². The van der Waals surface area contributed by atoms with E-state index in [1.807, 2.05) is 31.2 Å². The van der Waals surface area contributed by atoms with E-state index in [0.717, 1.165) is 11.3 Å². The summed E-state index contributed by atoms with van der Waals surface area (Å²) in [5, 5.41) is 11.1. The Morgan fingerprint density at radius 2 is 2.17 bits per heavy atom. The van der Waals surface area contributed by atoms with Crippen LogP contribution in [-0.2, 0) is 4.79 Å². The lowest BCUT2D eigenvalue weighted by Gasteiger charge is -2.05. The summed E-state index contributed by atoms with van der Waals surface area (Å²) in [6.45, 7) is 2.73. The Balaban J connectivity index is 2.04. The van der Waals surface area contributed by atoms with E-state index in [1.54, 1.807) is 0 Å². The molecule has 8 heteroatoms. The summed E-state index contributed by atoms with van der Waals surface area (Å²) in [5.41, 5.74) is 0.812. The van der Waals surface area contributed by atoms with E-state index in [9.17, 15) is 4.79 Å². The number of nitrogens with two attached hydrogens (primary N) is 1. The van der Waals surface area contributed by atoms with Gasteiger partial charge in [0, 0.05) is 5.56 Å². The Kier molecular flexibility index (Phi) is 5.88. The fourth-order valence-corrected chi connectivity index (χ4v) is 2.46. The van der Waals surface area contributed by atoms with Crippen LogP contribution in [0.15, 0.2) is 29.4 Å². The molecule has 0 fully saturated rings. The van der Waals surface area contributed by atoms with Gasteiger partial charge in [-0.3, -0.25) is 4.79 Å². The number of benzene rings is 1. The zero-order valence-electron chi connectivity index (χ0n) is 12.7. The van der Waals surface area contributed by atoms with Gasteiger partial charge in [-0.2, -0.15) is 0 Å². The lowest BCUT2D eigenvalue weighted by Crippen LogP contribution is -2.25. The second kappa shape index (κ2) is 8.10. The monoisotopic (exact) mass is 331 g/mol. The van der Waals surface area contributed by atoms with Gasteiger partial charge in [0.1, 0.15) is 5.75 Å². The van der Waals surface area contributed by atoms with Crippen LogP contribution in [0.2, 0.25) is 0 Å². The van der Waals surface area contributed by atoms with E-state index in [2.05, 4.69) is 21.4 Å². The van der Waals surface area contributed by atoms with E-state index < -0.39 is 0 Å². The first-order valence-electron chi connectivity index (χ1n) is 6.92. The van der Waals surface area contributed by atoms with Crippen molar-refractivity contribution in [3.8, 4) is 29.5 Å². The van der Waals surface area contributed by atoms with Crippen LogP contribution in [0, 0.1) is 12.3 Å². The fourth-order valence-electron chi connectivity index (χ4n) is 1.77. The third kappa shape index (κ3) is 4.40.